The lowest BCUT2D eigenvalue weighted by Gasteiger charge is -2.21. The molecule has 0 aliphatic heterocycles. The minimum Gasteiger partial charge on any atom is -0.508 e. The van der Waals surface area contributed by atoms with E-state index in [1.807, 2.05) is 19.1 Å². The van der Waals surface area contributed by atoms with Gasteiger partial charge in [-0.25, -0.2) is 0 Å². The average molecular weight is 300 g/mol. The van der Waals surface area contributed by atoms with Crippen LogP contribution in [0.1, 0.15) is 37.8 Å². The summed E-state index contributed by atoms with van der Waals surface area (Å²) >= 11 is 5.77. The van der Waals surface area contributed by atoms with Crippen LogP contribution < -0.4 is 4.74 Å². The first-order valence-corrected chi connectivity index (χ1v) is 7.77. The van der Waals surface area contributed by atoms with Crippen molar-refractivity contribution in [2.24, 2.45) is 0 Å². The molecule has 0 aromatic heterocycles. The molecule has 0 spiro atoms. The zero-order valence-electron chi connectivity index (χ0n) is 12.9. The molecule has 1 aromatic carbocycles. The van der Waals surface area contributed by atoms with Gasteiger partial charge in [-0.05, 0) is 37.1 Å². The maximum Gasteiger partial charge on any atom is 0.123 e. The molecule has 0 saturated carbocycles. The van der Waals surface area contributed by atoms with Crippen molar-refractivity contribution in [1.29, 1.82) is 0 Å². The number of rotatable bonds is 8. The molecule has 1 rings (SSSR count). The number of aryl methyl sites for hydroxylation is 1. The summed E-state index contributed by atoms with van der Waals surface area (Å²) < 4.78 is 5.92. The van der Waals surface area contributed by atoms with Gasteiger partial charge in [0.2, 0.25) is 0 Å². The number of aromatic hydroxyl groups is 1. The normalized spacial score (nSPS) is 11.3. The van der Waals surface area contributed by atoms with Crippen LogP contribution in [-0.4, -0.2) is 42.1 Å². The number of hydrogen-bond donors (Lipinski definition) is 1. The SMILES string of the molecule is CCN(CCCl)CCOc1cc(C)c(O)cc1C(C)C. The van der Waals surface area contributed by atoms with Crippen LogP contribution in [-0.2, 0) is 0 Å². The van der Waals surface area contributed by atoms with Crippen LogP contribution in [0.2, 0.25) is 0 Å². The van der Waals surface area contributed by atoms with Crippen molar-refractivity contribution in [2.45, 2.75) is 33.6 Å². The largest absolute Gasteiger partial charge is 0.508 e. The molecule has 4 heteroatoms. The van der Waals surface area contributed by atoms with Gasteiger partial charge in [-0.1, -0.05) is 20.8 Å². The van der Waals surface area contributed by atoms with Crippen molar-refractivity contribution in [3.63, 3.8) is 0 Å². The van der Waals surface area contributed by atoms with E-state index in [1.54, 1.807) is 0 Å². The van der Waals surface area contributed by atoms with E-state index >= 15 is 0 Å². The molecule has 0 radical (unpaired) electrons. The van der Waals surface area contributed by atoms with Gasteiger partial charge in [0.1, 0.15) is 18.1 Å². The predicted molar refractivity (Wildman–Crippen MR) is 85.3 cm³/mol. The third kappa shape index (κ3) is 4.88. The molecule has 114 valence electrons. The molecular formula is C16H26ClNO2. The molecule has 0 heterocycles. The van der Waals surface area contributed by atoms with E-state index in [9.17, 15) is 5.11 Å². The lowest BCUT2D eigenvalue weighted by Crippen LogP contribution is -2.30. The molecule has 0 unspecified atom stereocenters. The summed E-state index contributed by atoms with van der Waals surface area (Å²) in [5.74, 6) is 2.17. The summed E-state index contributed by atoms with van der Waals surface area (Å²) in [6, 6.07) is 3.73. The molecule has 0 atom stereocenters. The third-order valence-corrected chi connectivity index (χ3v) is 3.63. The lowest BCUT2D eigenvalue weighted by molar-refractivity contribution is 0.222. The molecular weight excluding hydrogens is 274 g/mol. The smallest absolute Gasteiger partial charge is 0.123 e. The van der Waals surface area contributed by atoms with Gasteiger partial charge in [0.25, 0.3) is 0 Å². The fourth-order valence-corrected chi connectivity index (χ4v) is 2.33. The van der Waals surface area contributed by atoms with Gasteiger partial charge in [0.05, 0.1) is 0 Å². The number of likely N-dealkylation sites (N-methyl/N-ethyl adjacent to an activating group) is 1. The summed E-state index contributed by atoms with van der Waals surface area (Å²) in [7, 11) is 0. The highest BCUT2D eigenvalue weighted by atomic mass is 35.5. The van der Waals surface area contributed by atoms with E-state index in [1.165, 1.54) is 0 Å². The Morgan fingerprint density at radius 3 is 2.55 bits per heavy atom. The van der Waals surface area contributed by atoms with Crippen LogP contribution >= 0.6 is 11.6 Å². The van der Waals surface area contributed by atoms with Crippen molar-refractivity contribution in [3.05, 3.63) is 23.3 Å². The summed E-state index contributed by atoms with van der Waals surface area (Å²) in [6.45, 7) is 11.6. The third-order valence-electron chi connectivity index (χ3n) is 3.46. The molecule has 1 N–H and O–H groups in total. The van der Waals surface area contributed by atoms with Gasteiger partial charge in [-0.3, -0.25) is 4.90 Å². The zero-order chi connectivity index (χ0) is 15.1. The minimum absolute atomic E-state index is 0.321. The fourth-order valence-electron chi connectivity index (χ4n) is 2.09. The summed E-state index contributed by atoms with van der Waals surface area (Å²) in [5.41, 5.74) is 1.89. The van der Waals surface area contributed by atoms with Crippen LogP contribution in [0.3, 0.4) is 0 Å². The number of alkyl halides is 1. The Balaban J connectivity index is 2.69. The van der Waals surface area contributed by atoms with Crippen molar-refractivity contribution < 1.29 is 9.84 Å². The molecule has 3 nitrogen and oxygen atoms in total. The molecule has 0 aliphatic rings. The van der Waals surface area contributed by atoms with Crippen LogP contribution in [0, 0.1) is 6.92 Å². The van der Waals surface area contributed by atoms with Crippen LogP contribution in [0.5, 0.6) is 11.5 Å². The summed E-state index contributed by atoms with van der Waals surface area (Å²) in [5, 5.41) is 9.82. The van der Waals surface area contributed by atoms with Crippen molar-refractivity contribution in [3.8, 4) is 11.5 Å². The molecule has 20 heavy (non-hydrogen) atoms. The highest BCUT2D eigenvalue weighted by molar-refractivity contribution is 6.18. The second-order valence-corrected chi connectivity index (χ2v) is 5.68. The van der Waals surface area contributed by atoms with Gasteiger partial charge < -0.3 is 9.84 Å². The van der Waals surface area contributed by atoms with E-state index in [0.717, 1.165) is 36.5 Å². The second-order valence-electron chi connectivity index (χ2n) is 5.30. The number of hydrogen-bond acceptors (Lipinski definition) is 3. The predicted octanol–water partition coefficient (Wildman–Crippen LogP) is 3.76. The van der Waals surface area contributed by atoms with E-state index in [-0.39, 0.29) is 0 Å². The lowest BCUT2D eigenvalue weighted by atomic mass is 10.00. The molecule has 0 fully saturated rings. The van der Waals surface area contributed by atoms with Crippen LogP contribution in [0.4, 0.5) is 0 Å². The quantitative estimate of drug-likeness (QED) is 0.742. The fraction of sp³-hybridized carbons (Fsp3) is 0.625. The first-order chi connectivity index (χ1) is 9.49. The first kappa shape index (κ1) is 17.1. The zero-order valence-corrected chi connectivity index (χ0v) is 13.7. The second kappa shape index (κ2) is 8.38. The van der Waals surface area contributed by atoms with Crippen LogP contribution in [0.15, 0.2) is 12.1 Å². The molecule has 0 aliphatic carbocycles. The van der Waals surface area contributed by atoms with E-state index in [0.29, 0.717) is 24.2 Å². The number of halogens is 1. The Morgan fingerprint density at radius 2 is 2.00 bits per heavy atom. The Kier molecular flexibility index (Phi) is 7.17. The number of benzene rings is 1. The summed E-state index contributed by atoms with van der Waals surface area (Å²) in [6.07, 6.45) is 0. The maximum absolute atomic E-state index is 9.82. The van der Waals surface area contributed by atoms with E-state index < -0.39 is 0 Å². The van der Waals surface area contributed by atoms with E-state index in [4.69, 9.17) is 16.3 Å². The molecule has 0 saturated heterocycles. The average Bonchev–Trinajstić information content (AvgIpc) is 2.41. The van der Waals surface area contributed by atoms with Crippen molar-refractivity contribution in [1.82, 2.24) is 4.90 Å². The molecule has 1 aromatic rings. The van der Waals surface area contributed by atoms with Gasteiger partial charge in [0.15, 0.2) is 0 Å². The highest BCUT2D eigenvalue weighted by Crippen LogP contribution is 2.32. The Morgan fingerprint density at radius 1 is 1.30 bits per heavy atom. The molecule has 0 amide bonds. The minimum atomic E-state index is 0.321. The van der Waals surface area contributed by atoms with Crippen molar-refractivity contribution in [2.75, 3.05) is 32.1 Å². The van der Waals surface area contributed by atoms with Gasteiger partial charge >= 0.3 is 0 Å². The van der Waals surface area contributed by atoms with Gasteiger partial charge in [-0.15, -0.1) is 11.6 Å². The number of nitrogens with zero attached hydrogens (tertiary/aromatic N) is 1. The highest BCUT2D eigenvalue weighted by Gasteiger charge is 2.12. The van der Waals surface area contributed by atoms with Crippen LogP contribution in [0.25, 0.3) is 0 Å². The Bertz CT molecular complexity index is 421. The summed E-state index contributed by atoms with van der Waals surface area (Å²) in [4.78, 5) is 2.26. The van der Waals surface area contributed by atoms with Gasteiger partial charge in [-0.2, -0.15) is 0 Å². The monoisotopic (exact) mass is 299 g/mol. The maximum atomic E-state index is 9.82. The topological polar surface area (TPSA) is 32.7 Å². The first-order valence-electron chi connectivity index (χ1n) is 7.24. The standard InChI is InChI=1S/C16H26ClNO2/c1-5-18(7-6-17)8-9-20-16-10-13(4)15(19)11-14(16)12(2)3/h10-12,19H,5-9H2,1-4H3. The Hall–Kier alpha value is -0.930. The van der Waals surface area contributed by atoms with Gasteiger partial charge in [0, 0.05) is 24.5 Å². The molecule has 0 bridgehead atoms. The van der Waals surface area contributed by atoms with E-state index in [2.05, 4.69) is 25.7 Å². The van der Waals surface area contributed by atoms with Crippen molar-refractivity contribution >= 4 is 11.6 Å². The number of phenols is 1. The Labute approximate surface area is 127 Å². The number of phenolic OH excluding ortho intramolecular Hbond substituents is 1. The number of ether oxygens (including phenoxy) is 1.